The molecule has 1 amide bonds. The van der Waals surface area contributed by atoms with Gasteiger partial charge >= 0.3 is 0 Å². The van der Waals surface area contributed by atoms with Crippen molar-refractivity contribution in [3.05, 3.63) is 35.4 Å². The Labute approximate surface area is 204 Å². The van der Waals surface area contributed by atoms with Crippen LogP contribution in [-0.2, 0) is 11.2 Å². The van der Waals surface area contributed by atoms with E-state index >= 15 is 0 Å². The molecule has 2 unspecified atom stereocenters. The first-order valence-corrected chi connectivity index (χ1v) is 11.4. The maximum Gasteiger partial charge on any atom is 0.253 e. The van der Waals surface area contributed by atoms with Gasteiger partial charge in [0.1, 0.15) is 0 Å². The number of nitrogens with one attached hydrogen (secondary N) is 2. The summed E-state index contributed by atoms with van der Waals surface area (Å²) < 4.78 is 6.07. The van der Waals surface area contributed by atoms with Crippen molar-refractivity contribution in [3.63, 3.8) is 0 Å². The molecule has 2 aliphatic rings. The lowest BCUT2D eigenvalue weighted by atomic mass is 9.55. The number of aliphatic imine (C=N–C) groups is 1. The molecule has 31 heavy (non-hydrogen) atoms. The molecule has 2 N–H and O–H groups in total. The third-order valence-electron chi connectivity index (χ3n) is 6.76. The van der Waals surface area contributed by atoms with Gasteiger partial charge < -0.3 is 20.3 Å². The van der Waals surface area contributed by atoms with Crippen molar-refractivity contribution in [1.82, 2.24) is 15.5 Å². The first-order valence-electron chi connectivity index (χ1n) is 11.4. The number of rotatable bonds is 7. The van der Waals surface area contributed by atoms with E-state index in [0.717, 1.165) is 43.1 Å². The molecular formula is C24H39IN4O2. The number of hydrogen-bond donors (Lipinski definition) is 2. The van der Waals surface area contributed by atoms with E-state index in [1.54, 1.807) is 19.0 Å². The number of carbonyl (C=O) groups is 1. The Hall–Kier alpha value is -1.35. The molecule has 1 spiro atoms. The van der Waals surface area contributed by atoms with Crippen molar-refractivity contribution in [3.8, 4) is 0 Å². The van der Waals surface area contributed by atoms with Crippen LogP contribution >= 0.6 is 24.0 Å². The van der Waals surface area contributed by atoms with Gasteiger partial charge in [-0.2, -0.15) is 0 Å². The highest BCUT2D eigenvalue weighted by Gasteiger charge is 2.55. The molecule has 1 aromatic rings. The largest absolute Gasteiger partial charge is 0.378 e. The van der Waals surface area contributed by atoms with E-state index in [-0.39, 0.29) is 35.3 Å². The molecule has 2 fully saturated rings. The molecule has 2 saturated carbocycles. The highest BCUT2D eigenvalue weighted by Crippen LogP contribution is 2.53. The Morgan fingerprint density at radius 3 is 2.65 bits per heavy atom. The van der Waals surface area contributed by atoms with Crippen LogP contribution in [0.2, 0.25) is 0 Å². The topological polar surface area (TPSA) is 66.0 Å². The maximum atomic E-state index is 12.2. The Bertz CT molecular complexity index is 747. The molecular weight excluding hydrogens is 503 g/mol. The van der Waals surface area contributed by atoms with Gasteiger partial charge in [0.15, 0.2) is 5.96 Å². The van der Waals surface area contributed by atoms with E-state index in [2.05, 4.69) is 28.6 Å². The summed E-state index contributed by atoms with van der Waals surface area (Å²) in [4.78, 5) is 18.2. The number of halogens is 1. The molecule has 1 aromatic carbocycles. The SMILES string of the molecule is CCOC1CC(NC(=NC)NCCc2cccc(C(=O)N(C)C)c2)C12CCCCC2.I. The summed E-state index contributed by atoms with van der Waals surface area (Å²) in [5, 5.41) is 7.14. The second kappa shape index (κ2) is 12.0. The highest BCUT2D eigenvalue weighted by molar-refractivity contribution is 14.0. The van der Waals surface area contributed by atoms with E-state index in [0.29, 0.717) is 12.1 Å². The standard InChI is InChI=1S/C24H38N4O2.HI/c1-5-30-21-17-20(24(21)13-7-6-8-14-24)27-23(25-2)26-15-12-18-10-9-11-19(16-18)22(29)28(3)4;/h9-11,16,20-21H,5-8,12-15,17H2,1-4H3,(H2,25,26,27);1H. The Morgan fingerprint density at radius 1 is 1.26 bits per heavy atom. The van der Waals surface area contributed by atoms with Gasteiger partial charge in [0.05, 0.1) is 6.10 Å². The molecule has 2 atom stereocenters. The van der Waals surface area contributed by atoms with Gasteiger partial charge in [-0.1, -0.05) is 31.4 Å². The van der Waals surface area contributed by atoms with Crippen LogP contribution in [0.25, 0.3) is 0 Å². The van der Waals surface area contributed by atoms with Gasteiger partial charge in [0, 0.05) is 51.3 Å². The predicted octanol–water partition coefficient (Wildman–Crippen LogP) is 3.84. The zero-order valence-electron chi connectivity index (χ0n) is 19.4. The van der Waals surface area contributed by atoms with Crippen LogP contribution in [0, 0.1) is 5.41 Å². The van der Waals surface area contributed by atoms with Crippen LogP contribution in [-0.4, -0.2) is 63.2 Å². The van der Waals surface area contributed by atoms with E-state index in [4.69, 9.17) is 4.74 Å². The van der Waals surface area contributed by atoms with Crippen LogP contribution in [0.5, 0.6) is 0 Å². The minimum Gasteiger partial charge on any atom is -0.378 e. The zero-order valence-corrected chi connectivity index (χ0v) is 21.8. The van der Waals surface area contributed by atoms with Crippen LogP contribution in [0.15, 0.2) is 29.3 Å². The van der Waals surface area contributed by atoms with Gasteiger partial charge in [-0.15, -0.1) is 24.0 Å². The van der Waals surface area contributed by atoms with E-state index in [1.165, 1.54) is 32.1 Å². The minimum absolute atomic E-state index is 0. The Morgan fingerprint density at radius 2 is 2.00 bits per heavy atom. The van der Waals surface area contributed by atoms with Crippen molar-refractivity contribution in [2.24, 2.45) is 10.4 Å². The fourth-order valence-electron chi connectivity index (χ4n) is 5.07. The Kier molecular flexibility index (Phi) is 10.1. The average Bonchev–Trinajstić information content (AvgIpc) is 2.77. The summed E-state index contributed by atoms with van der Waals surface area (Å²) >= 11 is 0. The summed E-state index contributed by atoms with van der Waals surface area (Å²) in [6, 6.07) is 8.31. The molecule has 6 nitrogen and oxygen atoms in total. The molecule has 3 rings (SSSR count). The molecule has 0 saturated heterocycles. The number of carbonyl (C=O) groups excluding carboxylic acids is 1. The first kappa shape index (κ1) is 25.9. The lowest BCUT2D eigenvalue weighted by Crippen LogP contribution is -2.66. The van der Waals surface area contributed by atoms with Crippen molar-refractivity contribution in [1.29, 1.82) is 0 Å². The van der Waals surface area contributed by atoms with Crippen molar-refractivity contribution < 1.29 is 9.53 Å². The van der Waals surface area contributed by atoms with Gasteiger partial charge in [-0.05, 0) is 50.3 Å². The van der Waals surface area contributed by atoms with Gasteiger partial charge in [0.2, 0.25) is 0 Å². The number of amides is 1. The van der Waals surface area contributed by atoms with Crippen molar-refractivity contribution >= 4 is 35.8 Å². The third-order valence-corrected chi connectivity index (χ3v) is 6.76. The smallest absolute Gasteiger partial charge is 0.253 e. The van der Waals surface area contributed by atoms with Crippen LogP contribution in [0.1, 0.15) is 61.4 Å². The van der Waals surface area contributed by atoms with E-state index in [1.807, 2.05) is 25.2 Å². The fraction of sp³-hybridized carbons (Fsp3) is 0.667. The summed E-state index contributed by atoms with van der Waals surface area (Å²) in [5.74, 6) is 0.898. The lowest BCUT2D eigenvalue weighted by Gasteiger charge is -2.57. The monoisotopic (exact) mass is 542 g/mol. The number of benzene rings is 1. The number of ether oxygens (including phenoxy) is 1. The van der Waals surface area contributed by atoms with Gasteiger partial charge in [0.25, 0.3) is 5.91 Å². The summed E-state index contributed by atoms with van der Waals surface area (Å²) in [5.41, 5.74) is 2.15. The first-order chi connectivity index (χ1) is 14.5. The fourth-order valence-corrected chi connectivity index (χ4v) is 5.07. The second-order valence-corrected chi connectivity index (χ2v) is 8.82. The molecule has 0 aromatic heterocycles. The molecule has 0 radical (unpaired) electrons. The van der Waals surface area contributed by atoms with Crippen LogP contribution in [0.3, 0.4) is 0 Å². The number of nitrogens with zero attached hydrogens (tertiary/aromatic N) is 2. The van der Waals surface area contributed by atoms with Crippen molar-refractivity contribution in [2.75, 3.05) is 34.3 Å². The second-order valence-electron chi connectivity index (χ2n) is 8.82. The van der Waals surface area contributed by atoms with E-state index in [9.17, 15) is 4.79 Å². The quantitative estimate of drug-likeness (QED) is 0.312. The van der Waals surface area contributed by atoms with Gasteiger partial charge in [-0.3, -0.25) is 9.79 Å². The summed E-state index contributed by atoms with van der Waals surface area (Å²) in [7, 11) is 5.39. The molecule has 0 bridgehead atoms. The normalized spacial score (nSPS) is 22.3. The highest BCUT2D eigenvalue weighted by atomic mass is 127. The molecule has 174 valence electrons. The molecule has 7 heteroatoms. The maximum absolute atomic E-state index is 12.2. The zero-order chi connectivity index (χ0) is 21.6. The molecule has 0 heterocycles. The number of hydrogen-bond acceptors (Lipinski definition) is 3. The summed E-state index contributed by atoms with van der Waals surface area (Å²) in [6.07, 6.45) is 8.73. The molecule has 0 aliphatic heterocycles. The van der Waals surface area contributed by atoms with Gasteiger partial charge in [-0.25, -0.2) is 0 Å². The predicted molar refractivity (Wildman–Crippen MR) is 137 cm³/mol. The Balaban J connectivity index is 0.00000341. The molecule has 2 aliphatic carbocycles. The lowest BCUT2D eigenvalue weighted by molar-refractivity contribution is -0.145. The number of guanidine groups is 1. The van der Waals surface area contributed by atoms with Crippen LogP contribution in [0.4, 0.5) is 0 Å². The van der Waals surface area contributed by atoms with E-state index < -0.39 is 0 Å². The van der Waals surface area contributed by atoms with Crippen molar-refractivity contribution in [2.45, 2.75) is 64.0 Å². The third kappa shape index (κ3) is 6.12. The van der Waals surface area contributed by atoms with Crippen LogP contribution < -0.4 is 10.6 Å². The minimum atomic E-state index is 0. The average molecular weight is 543 g/mol. The summed E-state index contributed by atoms with van der Waals surface area (Å²) in [6.45, 7) is 3.66.